The molecule has 0 amide bonds. The van der Waals surface area contributed by atoms with Crippen LogP contribution in [-0.2, 0) is 0 Å². The summed E-state index contributed by atoms with van der Waals surface area (Å²) in [5.74, 6) is 0. The molecule has 5 heteroatoms. The largest absolute Gasteiger partial charge is 0.223 e. The summed E-state index contributed by atoms with van der Waals surface area (Å²) >= 11 is 5.82. The third-order valence-corrected chi connectivity index (χ3v) is 1.98. The molecule has 0 saturated heterocycles. The van der Waals surface area contributed by atoms with E-state index in [0.29, 0.717) is 16.3 Å². The second kappa shape index (κ2) is 3.48. The topological polar surface area (TPSA) is 54.5 Å². The molecule has 1 aromatic carbocycles. The van der Waals surface area contributed by atoms with Crippen LogP contribution in [0.2, 0.25) is 5.02 Å². The fourth-order valence-electron chi connectivity index (χ4n) is 1.12. The Morgan fingerprint density at radius 1 is 1.43 bits per heavy atom. The molecule has 0 aliphatic carbocycles. The molecule has 0 radical (unpaired) electrons. The van der Waals surface area contributed by atoms with Gasteiger partial charge < -0.3 is 0 Å². The summed E-state index contributed by atoms with van der Waals surface area (Å²) in [5.41, 5.74) is 1.15. The van der Waals surface area contributed by atoms with Crippen molar-refractivity contribution in [2.24, 2.45) is 0 Å². The average Bonchev–Trinajstić information content (AvgIpc) is 2.70. The monoisotopic (exact) mass is 204 g/mol. The predicted molar refractivity (Wildman–Crippen MR) is 51.1 cm³/mol. The third-order valence-electron chi connectivity index (χ3n) is 1.75. The van der Waals surface area contributed by atoms with Crippen LogP contribution in [0.5, 0.6) is 0 Å². The quantitative estimate of drug-likeness (QED) is 0.712. The Hall–Kier alpha value is -1.86. The Kier molecular flexibility index (Phi) is 2.17. The summed E-state index contributed by atoms with van der Waals surface area (Å²) in [4.78, 5) is 3.80. The lowest BCUT2D eigenvalue weighted by atomic mass is 10.2. The molecule has 0 spiro atoms. The minimum absolute atomic E-state index is 0.514. The first-order valence-electron chi connectivity index (χ1n) is 3.86. The maximum absolute atomic E-state index is 8.85. The van der Waals surface area contributed by atoms with Gasteiger partial charge in [-0.3, -0.25) is 0 Å². The van der Waals surface area contributed by atoms with Gasteiger partial charge in [-0.25, -0.2) is 9.67 Å². The Morgan fingerprint density at radius 3 is 2.93 bits per heavy atom. The van der Waals surface area contributed by atoms with E-state index in [9.17, 15) is 0 Å². The minimum atomic E-state index is 0.514. The van der Waals surface area contributed by atoms with E-state index < -0.39 is 0 Å². The van der Waals surface area contributed by atoms with E-state index >= 15 is 0 Å². The van der Waals surface area contributed by atoms with E-state index in [4.69, 9.17) is 16.9 Å². The van der Waals surface area contributed by atoms with Gasteiger partial charge in [-0.15, -0.1) is 0 Å². The molecule has 0 aliphatic rings. The predicted octanol–water partition coefficient (Wildman–Crippen LogP) is 1.79. The highest BCUT2D eigenvalue weighted by molar-refractivity contribution is 6.30. The number of nitrogens with zero attached hydrogens (tertiary/aromatic N) is 4. The van der Waals surface area contributed by atoms with Gasteiger partial charge in [0.2, 0.25) is 0 Å². The zero-order valence-corrected chi connectivity index (χ0v) is 7.81. The van der Waals surface area contributed by atoms with Gasteiger partial charge in [0.1, 0.15) is 18.7 Å². The van der Waals surface area contributed by atoms with Crippen molar-refractivity contribution in [1.29, 1.82) is 5.26 Å². The highest BCUT2D eigenvalue weighted by Crippen LogP contribution is 2.18. The molecule has 1 aromatic heterocycles. The number of aromatic nitrogens is 3. The lowest BCUT2D eigenvalue weighted by Crippen LogP contribution is -1.97. The summed E-state index contributed by atoms with van der Waals surface area (Å²) in [6.45, 7) is 0. The first-order valence-corrected chi connectivity index (χ1v) is 4.23. The molecule has 0 unspecified atom stereocenters. The molecule has 68 valence electrons. The lowest BCUT2D eigenvalue weighted by molar-refractivity contribution is 0.876. The van der Waals surface area contributed by atoms with Crippen LogP contribution in [0.1, 0.15) is 5.56 Å². The van der Waals surface area contributed by atoms with Gasteiger partial charge in [0.15, 0.2) is 0 Å². The molecule has 4 nitrogen and oxygen atoms in total. The van der Waals surface area contributed by atoms with E-state index in [0.717, 1.165) is 0 Å². The molecule has 0 N–H and O–H groups in total. The Labute approximate surface area is 85.4 Å². The van der Waals surface area contributed by atoms with Gasteiger partial charge in [-0.2, -0.15) is 10.4 Å². The number of hydrogen-bond donors (Lipinski definition) is 0. The maximum atomic E-state index is 8.85. The van der Waals surface area contributed by atoms with Crippen LogP contribution >= 0.6 is 11.6 Å². The van der Waals surface area contributed by atoms with Crippen molar-refractivity contribution in [2.45, 2.75) is 0 Å². The van der Waals surface area contributed by atoms with Gasteiger partial charge in [-0.05, 0) is 18.2 Å². The van der Waals surface area contributed by atoms with Gasteiger partial charge in [-0.1, -0.05) is 11.6 Å². The minimum Gasteiger partial charge on any atom is -0.223 e. The molecule has 1 heterocycles. The summed E-state index contributed by atoms with van der Waals surface area (Å²) in [5, 5.41) is 13.3. The SMILES string of the molecule is N#Cc1ccc(Cl)cc1-n1cncn1. The van der Waals surface area contributed by atoms with E-state index in [1.807, 2.05) is 0 Å². The average molecular weight is 205 g/mol. The Balaban J connectivity index is 2.63. The second-order valence-electron chi connectivity index (χ2n) is 2.61. The van der Waals surface area contributed by atoms with E-state index in [1.165, 1.54) is 17.3 Å². The Bertz CT molecular complexity index is 484. The first kappa shape index (κ1) is 8.73. The summed E-state index contributed by atoms with van der Waals surface area (Å²) in [6.07, 6.45) is 2.93. The van der Waals surface area contributed by atoms with Crippen molar-refractivity contribution in [3.63, 3.8) is 0 Å². The van der Waals surface area contributed by atoms with Gasteiger partial charge in [0, 0.05) is 5.02 Å². The number of benzene rings is 1. The number of hydrogen-bond acceptors (Lipinski definition) is 3. The van der Waals surface area contributed by atoms with Crippen LogP contribution in [-0.4, -0.2) is 14.8 Å². The molecule has 2 rings (SSSR count). The Morgan fingerprint density at radius 2 is 2.29 bits per heavy atom. The van der Waals surface area contributed by atoms with Crippen LogP contribution in [0.15, 0.2) is 30.9 Å². The summed E-state index contributed by atoms with van der Waals surface area (Å²) in [7, 11) is 0. The molecule has 0 bridgehead atoms. The van der Waals surface area contributed by atoms with E-state index in [-0.39, 0.29) is 0 Å². The summed E-state index contributed by atoms with van der Waals surface area (Å²) < 4.78 is 1.50. The molecule has 0 saturated carbocycles. The van der Waals surface area contributed by atoms with Crippen molar-refractivity contribution in [3.8, 4) is 11.8 Å². The molecule has 0 atom stereocenters. The second-order valence-corrected chi connectivity index (χ2v) is 3.05. The zero-order chi connectivity index (χ0) is 9.97. The van der Waals surface area contributed by atoms with Crippen molar-refractivity contribution in [2.75, 3.05) is 0 Å². The smallest absolute Gasteiger partial charge is 0.138 e. The van der Waals surface area contributed by atoms with Gasteiger partial charge in [0.05, 0.1) is 11.3 Å². The molecule has 0 fully saturated rings. The van der Waals surface area contributed by atoms with E-state index in [2.05, 4.69) is 16.2 Å². The fraction of sp³-hybridized carbons (Fsp3) is 0. The normalized spacial score (nSPS) is 9.71. The lowest BCUT2D eigenvalue weighted by Gasteiger charge is -2.02. The van der Waals surface area contributed by atoms with Gasteiger partial charge in [0.25, 0.3) is 0 Å². The number of nitriles is 1. The summed E-state index contributed by atoms with van der Waals surface area (Å²) in [6, 6.07) is 7.06. The molecule has 2 aromatic rings. The highest BCUT2D eigenvalue weighted by Gasteiger charge is 2.05. The maximum Gasteiger partial charge on any atom is 0.138 e. The first-order chi connectivity index (χ1) is 6.81. The molecular weight excluding hydrogens is 200 g/mol. The van der Waals surface area contributed by atoms with E-state index in [1.54, 1.807) is 18.2 Å². The standard InChI is InChI=1S/C9H5ClN4/c10-8-2-1-7(4-11)9(3-8)14-6-12-5-13-14/h1-3,5-6H. The zero-order valence-electron chi connectivity index (χ0n) is 7.05. The molecular formula is C9H5ClN4. The van der Waals surface area contributed by atoms with Crippen LogP contribution < -0.4 is 0 Å². The number of halogens is 1. The van der Waals surface area contributed by atoms with Crippen LogP contribution in [0, 0.1) is 11.3 Å². The van der Waals surface area contributed by atoms with Crippen molar-refractivity contribution < 1.29 is 0 Å². The van der Waals surface area contributed by atoms with Gasteiger partial charge >= 0.3 is 0 Å². The molecule has 14 heavy (non-hydrogen) atoms. The van der Waals surface area contributed by atoms with Crippen LogP contribution in [0.25, 0.3) is 5.69 Å². The highest BCUT2D eigenvalue weighted by atomic mass is 35.5. The van der Waals surface area contributed by atoms with Crippen molar-refractivity contribution in [3.05, 3.63) is 41.4 Å². The van der Waals surface area contributed by atoms with Crippen LogP contribution in [0.3, 0.4) is 0 Å². The molecule has 0 aliphatic heterocycles. The third kappa shape index (κ3) is 1.45. The number of rotatable bonds is 1. The van der Waals surface area contributed by atoms with Crippen molar-refractivity contribution >= 4 is 11.6 Å². The fourth-order valence-corrected chi connectivity index (χ4v) is 1.29. The van der Waals surface area contributed by atoms with Crippen molar-refractivity contribution in [1.82, 2.24) is 14.8 Å². The van der Waals surface area contributed by atoms with Crippen LogP contribution in [0.4, 0.5) is 0 Å².